The van der Waals surface area contributed by atoms with Crippen molar-refractivity contribution in [3.8, 4) is 11.3 Å². The smallest absolute Gasteiger partial charge is 0.187 e. The first-order valence-corrected chi connectivity index (χ1v) is 7.13. The average molecular weight is 322 g/mol. The minimum atomic E-state index is 0. The minimum Gasteiger partial charge on any atom is -0.472 e. The van der Waals surface area contributed by atoms with E-state index in [0.29, 0.717) is 0 Å². The number of anilines is 3. The normalized spacial score (nSPS) is 10.0. The van der Waals surface area contributed by atoms with Crippen molar-refractivity contribution >= 4 is 40.3 Å². The number of benzene rings is 1. The third kappa shape index (κ3) is 3.56. The summed E-state index contributed by atoms with van der Waals surface area (Å²) in [5.41, 5.74) is 4.13. The van der Waals surface area contributed by atoms with Gasteiger partial charge in [-0.05, 0) is 30.3 Å². The molecule has 1 N–H and O–H groups in total. The Morgan fingerprint density at radius 2 is 1.90 bits per heavy atom. The standard InChI is InChI=1S/C15H15N3OS.ClH/c1-18(2)13-5-3-12(4-6-13)16-15-17-14(10-20-15)11-7-8-19-9-11;/h3-10H,1-2H3,(H,16,17);1H. The molecule has 110 valence electrons. The van der Waals surface area contributed by atoms with Gasteiger partial charge < -0.3 is 14.6 Å². The van der Waals surface area contributed by atoms with E-state index < -0.39 is 0 Å². The van der Waals surface area contributed by atoms with Crippen LogP contribution >= 0.6 is 23.7 Å². The molecule has 0 aliphatic heterocycles. The summed E-state index contributed by atoms with van der Waals surface area (Å²) in [6, 6.07) is 10.2. The molecule has 0 saturated carbocycles. The van der Waals surface area contributed by atoms with Crippen molar-refractivity contribution in [1.82, 2.24) is 4.98 Å². The highest BCUT2D eigenvalue weighted by Gasteiger charge is 2.06. The zero-order valence-corrected chi connectivity index (χ0v) is 13.4. The maximum absolute atomic E-state index is 5.07. The third-order valence-corrected chi connectivity index (χ3v) is 3.71. The fraction of sp³-hybridized carbons (Fsp3) is 0.133. The molecule has 0 spiro atoms. The van der Waals surface area contributed by atoms with Gasteiger partial charge in [0.1, 0.15) is 0 Å². The molecule has 3 aromatic rings. The maximum Gasteiger partial charge on any atom is 0.187 e. The van der Waals surface area contributed by atoms with Gasteiger partial charge >= 0.3 is 0 Å². The second kappa shape index (κ2) is 6.65. The van der Waals surface area contributed by atoms with Crippen molar-refractivity contribution in [2.24, 2.45) is 0 Å². The quantitative estimate of drug-likeness (QED) is 0.760. The summed E-state index contributed by atoms with van der Waals surface area (Å²) in [4.78, 5) is 6.62. The van der Waals surface area contributed by atoms with E-state index in [9.17, 15) is 0 Å². The molecular weight excluding hydrogens is 306 g/mol. The van der Waals surface area contributed by atoms with E-state index in [4.69, 9.17) is 4.42 Å². The second-order valence-electron chi connectivity index (χ2n) is 4.62. The predicted molar refractivity (Wildman–Crippen MR) is 91.1 cm³/mol. The van der Waals surface area contributed by atoms with Crippen molar-refractivity contribution in [3.63, 3.8) is 0 Å². The van der Waals surface area contributed by atoms with Gasteiger partial charge in [-0.15, -0.1) is 23.7 Å². The van der Waals surface area contributed by atoms with E-state index in [1.54, 1.807) is 23.9 Å². The van der Waals surface area contributed by atoms with Gasteiger partial charge in [0, 0.05) is 36.4 Å². The van der Waals surface area contributed by atoms with Crippen LogP contribution < -0.4 is 10.2 Å². The second-order valence-corrected chi connectivity index (χ2v) is 5.47. The van der Waals surface area contributed by atoms with E-state index in [1.807, 2.05) is 37.7 Å². The van der Waals surface area contributed by atoms with Crippen molar-refractivity contribution in [2.45, 2.75) is 0 Å². The maximum atomic E-state index is 5.07. The van der Waals surface area contributed by atoms with Gasteiger partial charge in [0.15, 0.2) is 5.13 Å². The largest absolute Gasteiger partial charge is 0.472 e. The van der Waals surface area contributed by atoms with Crippen LogP contribution in [-0.2, 0) is 0 Å². The van der Waals surface area contributed by atoms with Crippen molar-refractivity contribution in [1.29, 1.82) is 0 Å². The van der Waals surface area contributed by atoms with Gasteiger partial charge in [-0.3, -0.25) is 0 Å². The van der Waals surface area contributed by atoms with Crippen molar-refractivity contribution in [2.75, 3.05) is 24.3 Å². The SMILES string of the molecule is CN(C)c1ccc(Nc2nc(-c3ccoc3)cs2)cc1.Cl. The first-order chi connectivity index (χ1) is 9.72. The van der Waals surface area contributed by atoms with E-state index in [2.05, 4.69) is 27.3 Å². The molecule has 2 heterocycles. The summed E-state index contributed by atoms with van der Waals surface area (Å²) in [5.74, 6) is 0. The Labute approximate surface area is 133 Å². The Hall–Kier alpha value is -1.98. The molecular formula is C15H16ClN3OS. The summed E-state index contributed by atoms with van der Waals surface area (Å²) in [7, 11) is 4.06. The Morgan fingerprint density at radius 1 is 1.14 bits per heavy atom. The lowest BCUT2D eigenvalue weighted by Crippen LogP contribution is -2.08. The lowest BCUT2D eigenvalue weighted by atomic mass is 10.2. The van der Waals surface area contributed by atoms with Crippen LogP contribution in [0.25, 0.3) is 11.3 Å². The van der Waals surface area contributed by atoms with Gasteiger partial charge in [0.05, 0.1) is 18.2 Å². The summed E-state index contributed by atoms with van der Waals surface area (Å²) < 4.78 is 5.07. The number of aromatic nitrogens is 1. The highest BCUT2D eigenvalue weighted by Crippen LogP contribution is 2.27. The summed E-state index contributed by atoms with van der Waals surface area (Å²) in [6.45, 7) is 0. The molecule has 4 nitrogen and oxygen atoms in total. The molecule has 2 aromatic heterocycles. The van der Waals surface area contributed by atoms with Gasteiger partial charge in [-0.1, -0.05) is 0 Å². The number of hydrogen-bond donors (Lipinski definition) is 1. The molecule has 1 aromatic carbocycles. The lowest BCUT2D eigenvalue weighted by Gasteiger charge is -2.12. The van der Waals surface area contributed by atoms with E-state index >= 15 is 0 Å². The number of hydrogen-bond acceptors (Lipinski definition) is 5. The first kappa shape index (κ1) is 15.4. The van der Waals surface area contributed by atoms with Crippen molar-refractivity contribution in [3.05, 3.63) is 48.2 Å². The molecule has 0 radical (unpaired) electrons. The van der Waals surface area contributed by atoms with Crippen LogP contribution in [-0.4, -0.2) is 19.1 Å². The van der Waals surface area contributed by atoms with Crippen LogP contribution in [0, 0.1) is 0 Å². The zero-order chi connectivity index (χ0) is 13.9. The molecule has 0 atom stereocenters. The fourth-order valence-corrected chi connectivity index (χ4v) is 2.58. The average Bonchev–Trinajstić information content (AvgIpc) is 3.09. The third-order valence-electron chi connectivity index (χ3n) is 2.96. The number of furan rings is 1. The van der Waals surface area contributed by atoms with Crippen LogP contribution in [0.5, 0.6) is 0 Å². The topological polar surface area (TPSA) is 41.3 Å². The van der Waals surface area contributed by atoms with Gasteiger partial charge in [-0.25, -0.2) is 4.98 Å². The Balaban J connectivity index is 0.00000161. The van der Waals surface area contributed by atoms with Gasteiger partial charge in [0.2, 0.25) is 0 Å². The molecule has 0 aliphatic carbocycles. The number of rotatable bonds is 4. The molecule has 3 rings (SSSR count). The van der Waals surface area contributed by atoms with Crippen molar-refractivity contribution < 1.29 is 4.42 Å². The van der Waals surface area contributed by atoms with E-state index in [0.717, 1.165) is 22.1 Å². The summed E-state index contributed by atoms with van der Waals surface area (Å²) in [6.07, 6.45) is 3.35. The van der Waals surface area contributed by atoms with Crippen LogP contribution in [0.1, 0.15) is 0 Å². The molecule has 6 heteroatoms. The summed E-state index contributed by atoms with van der Waals surface area (Å²) in [5, 5.41) is 6.20. The number of halogens is 1. The Kier molecular flexibility index (Phi) is 4.88. The molecule has 0 bridgehead atoms. The molecule has 21 heavy (non-hydrogen) atoms. The van der Waals surface area contributed by atoms with Crippen LogP contribution in [0.3, 0.4) is 0 Å². The van der Waals surface area contributed by atoms with E-state index in [-0.39, 0.29) is 12.4 Å². The molecule has 0 aliphatic rings. The number of nitrogens with zero attached hydrogens (tertiary/aromatic N) is 2. The zero-order valence-electron chi connectivity index (χ0n) is 11.7. The molecule has 0 fully saturated rings. The Bertz CT molecular complexity index is 677. The van der Waals surface area contributed by atoms with Gasteiger partial charge in [0.25, 0.3) is 0 Å². The molecule has 0 unspecified atom stereocenters. The highest BCUT2D eigenvalue weighted by atomic mass is 35.5. The van der Waals surface area contributed by atoms with Crippen LogP contribution in [0.4, 0.5) is 16.5 Å². The highest BCUT2D eigenvalue weighted by molar-refractivity contribution is 7.14. The number of thiazole rings is 1. The predicted octanol–water partition coefficient (Wildman–Crippen LogP) is 4.63. The van der Waals surface area contributed by atoms with E-state index in [1.165, 1.54) is 5.69 Å². The lowest BCUT2D eigenvalue weighted by molar-refractivity contribution is 0.568. The number of nitrogens with one attached hydrogen (secondary N) is 1. The summed E-state index contributed by atoms with van der Waals surface area (Å²) >= 11 is 1.58. The molecule has 0 saturated heterocycles. The van der Waals surface area contributed by atoms with Crippen LogP contribution in [0.2, 0.25) is 0 Å². The first-order valence-electron chi connectivity index (χ1n) is 6.25. The van der Waals surface area contributed by atoms with Gasteiger partial charge in [-0.2, -0.15) is 0 Å². The molecule has 0 amide bonds. The fourth-order valence-electron chi connectivity index (χ4n) is 1.84. The monoisotopic (exact) mass is 321 g/mol. The Morgan fingerprint density at radius 3 is 2.52 bits per heavy atom. The van der Waals surface area contributed by atoms with Crippen LogP contribution in [0.15, 0.2) is 52.7 Å². The minimum absolute atomic E-state index is 0.